The van der Waals surface area contributed by atoms with Crippen LogP contribution in [0, 0.1) is 12.7 Å². The van der Waals surface area contributed by atoms with Crippen molar-refractivity contribution in [3.05, 3.63) is 63.0 Å². The number of aryl methyl sites for hydroxylation is 1. The van der Waals surface area contributed by atoms with Crippen LogP contribution in [0.15, 0.2) is 46.0 Å². The van der Waals surface area contributed by atoms with Crippen LogP contribution in [0.3, 0.4) is 0 Å². The number of aliphatic imine (C=N–C) groups is 1. The Hall–Kier alpha value is -2.06. The van der Waals surface area contributed by atoms with Crippen LogP contribution in [0.4, 0.5) is 4.39 Å². The van der Waals surface area contributed by atoms with Gasteiger partial charge in [0.25, 0.3) is 0 Å². The van der Waals surface area contributed by atoms with Crippen LogP contribution in [-0.4, -0.2) is 28.7 Å². The smallest absolute Gasteiger partial charge is 0.338 e. The normalized spacial score (nSPS) is 16.9. The fraction of sp³-hybridized carbons (Fsp3) is 0.278. The average Bonchev–Trinajstić information content (AvgIpc) is 3.15. The molecule has 0 saturated heterocycles. The van der Waals surface area contributed by atoms with Gasteiger partial charge in [0.2, 0.25) is 0 Å². The van der Waals surface area contributed by atoms with Gasteiger partial charge in [-0.25, -0.2) is 14.2 Å². The number of halogens is 2. The van der Waals surface area contributed by atoms with Crippen molar-refractivity contribution in [1.29, 1.82) is 0 Å². The molecule has 0 radical (unpaired) electrons. The monoisotopic (exact) mass is 437 g/mol. The van der Waals surface area contributed by atoms with Crippen molar-refractivity contribution in [2.24, 2.45) is 4.99 Å². The third-order valence-electron chi connectivity index (χ3n) is 3.92. The summed E-state index contributed by atoms with van der Waals surface area (Å²) in [4.78, 5) is 21.6. The van der Waals surface area contributed by atoms with Crippen molar-refractivity contribution < 1.29 is 13.9 Å². The quantitative estimate of drug-likeness (QED) is 0.569. The minimum absolute atomic E-state index is 0.260. The first-order chi connectivity index (χ1) is 12.5. The van der Waals surface area contributed by atoms with Crippen molar-refractivity contribution >= 4 is 39.1 Å². The van der Waals surface area contributed by atoms with E-state index in [0.717, 1.165) is 16.1 Å². The number of nitrogens with zero attached hydrogens (tertiary/aromatic N) is 2. The topological polar surface area (TPSA) is 63.6 Å². The molecule has 136 valence electrons. The van der Waals surface area contributed by atoms with Crippen molar-refractivity contribution in [1.82, 2.24) is 10.3 Å². The zero-order valence-electron chi connectivity index (χ0n) is 14.3. The van der Waals surface area contributed by atoms with Gasteiger partial charge in [-0.3, -0.25) is 4.99 Å². The van der Waals surface area contributed by atoms with Crippen LogP contribution in [-0.2, 0) is 9.53 Å². The lowest BCUT2D eigenvalue weighted by molar-refractivity contribution is -0.138. The van der Waals surface area contributed by atoms with Crippen molar-refractivity contribution in [2.45, 2.75) is 19.9 Å². The summed E-state index contributed by atoms with van der Waals surface area (Å²) in [7, 11) is 0. The van der Waals surface area contributed by atoms with Gasteiger partial charge in [0.05, 0.1) is 12.2 Å². The number of nitrogens with one attached hydrogen (secondary N) is 1. The Bertz CT molecular complexity index is 881. The Labute approximate surface area is 163 Å². The number of hydrogen-bond donors (Lipinski definition) is 1. The van der Waals surface area contributed by atoms with E-state index >= 15 is 0 Å². The van der Waals surface area contributed by atoms with E-state index in [1.165, 1.54) is 23.5 Å². The highest BCUT2D eigenvalue weighted by molar-refractivity contribution is 9.09. The van der Waals surface area contributed by atoms with E-state index < -0.39 is 12.0 Å². The number of thiazole rings is 1. The van der Waals surface area contributed by atoms with E-state index in [1.807, 2.05) is 5.38 Å². The maximum atomic E-state index is 13.6. The molecule has 1 N–H and O–H groups in total. The molecule has 3 rings (SSSR count). The molecule has 1 aliphatic heterocycles. The zero-order chi connectivity index (χ0) is 18.7. The highest BCUT2D eigenvalue weighted by Gasteiger charge is 2.33. The molecular formula is C18H17BrFN3O2S. The SMILES string of the molecule is CCOC(=O)C1=C(CBr)NC(c2nccs2)=NC1c1ccc(F)cc1C. The molecule has 0 spiro atoms. The minimum Gasteiger partial charge on any atom is -0.463 e. The van der Waals surface area contributed by atoms with Gasteiger partial charge >= 0.3 is 5.97 Å². The summed E-state index contributed by atoms with van der Waals surface area (Å²) in [5.74, 6) is -0.187. The molecule has 5 nitrogen and oxygen atoms in total. The second kappa shape index (κ2) is 8.09. The summed E-state index contributed by atoms with van der Waals surface area (Å²) < 4.78 is 18.8. The summed E-state index contributed by atoms with van der Waals surface area (Å²) in [6.45, 7) is 3.82. The molecule has 0 fully saturated rings. The number of allylic oxidation sites excluding steroid dienone is 1. The van der Waals surface area contributed by atoms with E-state index in [4.69, 9.17) is 9.73 Å². The standard InChI is InChI=1S/C18H17BrFN3O2S/c1-3-25-18(24)14-13(9-19)22-16(17-21-6-7-26-17)23-15(14)12-5-4-11(20)8-10(12)2/h4-8,15H,3,9H2,1-2H3,(H,22,23). The highest BCUT2D eigenvalue weighted by atomic mass is 79.9. The largest absolute Gasteiger partial charge is 0.463 e. The molecule has 0 amide bonds. The first-order valence-corrected chi connectivity index (χ1v) is 10.0. The molecular weight excluding hydrogens is 421 g/mol. The maximum absolute atomic E-state index is 13.6. The average molecular weight is 438 g/mol. The Morgan fingerprint density at radius 2 is 2.27 bits per heavy atom. The van der Waals surface area contributed by atoms with Crippen LogP contribution in [0.2, 0.25) is 0 Å². The van der Waals surface area contributed by atoms with E-state index in [0.29, 0.717) is 22.4 Å². The third-order valence-corrected chi connectivity index (χ3v) is 5.26. The summed E-state index contributed by atoms with van der Waals surface area (Å²) in [6, 6.07) is 3.88. The van der Waals surface area contributed by atoms with Crippen LogP contribution < -0.4 is 5.32 Å². The summed E-state index contributed by atoms with van der Waals surface area (Å²) in [5.41, 5.74) is 2.55. The van der Waals surface area contributed by atoms with E-state index in [-0.39, 0.29) is 12.4 Å². The molecule has 26 heavy (non-hydrogen) atoms. The van der Waals surface area contributed by atoms with Crippen molar-refractivity contribution in [2.75, 3.05) is 11.9 Å². The van der Waals surface area contributed by atoms with E-state index in [9.17, 15) is 9.18 Å². The number of rotatable bonds is 5. The fourth-order valence-electron chi connectivity index (χ4n) is 2.77. The lowest BCUT2D eigenvalue weighted by Crippen LogP contribution is -2.34. The Kier molecular flexibility index (Phi) is 5.83. The molecule has 0 saturated carbocycles. The first-order valence-electron chi connectivity index (χ1n) is 8.02. The highest BCUT2D eigenvalue weighted by Crippen LogP contribution is 2.35. The van der Waals surface area contributed by atoms with Gasteiger partial charge in [-0.15, -0.1) is 11.3 Å². The number of benzene rings is 1. The molecule has 0 bridgehead atoms. The van der Waals surface area contributed by atoms with E-state index in [1.54, 1.807) is 26.1 Å². The molecule has 8 heteroatoms. The molecule has 2 heterocycles. The fourth-order valence-corrected chi connectivity index (χ4v) is 3.80. The third kappa shape index (κ3) is 3.71. The Morgan fingerprint density at radius 1 is 1.46 bits per heavy atom. The number of amidine groups is 1. The predicted octanol–water partition coefficient (Wildman–Crippen LogP) is 3.89. The lowest BCUT2D eigenvalue weighted by Gasteiger charge is -2.27. The molecule has 1 unspecified atom stereocenters. The van der Waals surface area contributed by atoms with Crippen LogP contribution in [0.5, 0.6) is 0 Å². The van der Waals surface area contributed by atoms with Crippen LogP contribution in [0.1, 0.15) is 29.1 Å². The first kappa shape index (κ1) is 18.7. The number of esters is 1. The molecule has 1 atom stereocenters. The number of alkyl halides is 1. The number of aromatic nitrogens is 1. The molecule has 1 aromatic heterocycles. The molecule has 0 aliphatic carbocycles. The minimum atomic E-state index is -0.595. The van der Waals surface area contributed by atoms with Crippen molar-refractivity contribution in [3.8, 4) is 0 Å². The molecule has 2 aromatic rings. The second-order valence-electron chi connectivity index (χ2n) is 5.59. The van der Waals surface area contributed by atoms with Crippen molar-refractivity contribution in [3.63, 3.8) is 0 Å². The van der Waals surface area contributed by atoms with Gasteiger partial charge in [0, 0.05) is 22.6 Å². The number of carbonyl (C=O) groups excluding carboxylic acids is 1. The van der Waals surface area contributed by atoms with Crippen LogP contribution >= 0.6 is 27.3 Å². The second-order valence-corrected chi connectivity index (χ2v) is 7.05. The van der Waals surface area contributed by atoms with Gasteiger partial charge in [0.1, 0.15) is 11.9 Å². The molecule has 1 aliphatic rings. The summed E-state index contributed by atoms with van der Waals surface area (Å²) >= 11 is 4.88. The lowest BCUT2D eigenvalue weighted by atomic mass is 9.93. The number of hydrogen-bond acceptors (Lipinski definition) is 6. The van der Waals surface area contributed by atoms with Gasteiger partial charge in [-0.1, -0.05) is 22.0 Å². The van der Waals surface area contributed by atoms with Gasteiger partial charge < -0.3 is 10.1 Å². The summed E-state index contributed by atoms with van der Waals surface area (Å²) in [6.07, 6.45) is 1.70. The Morgan fingerprint density at radius 3 is 2.88 bits per heavy atom. The number of ether oxygens (including phenoxy) is 1. The van der Waals surface area contributed by atoms with E-state index in [2.05, 4.69) is 26.2 Å². The Balaban J connectivity index is 2.15. The molecule has 1 aromatic carbocycles. The number of carbonyl (C=O) groups is 1. The summed E-state index contributed by atoms with van der Waals surface area (Å²) in [5, 5.41) is 6.18. The maximum Gasteiger partial charge on any atom is 0.338 e. The predicted molar refractivity (Wildman–Crippen MR) is 103 cm³/mol. The van der Waals surface area contributed by atoms with Gasteiger partial charge in [0.15, 0.2) is 10.8 Å². The van der Waals surface area contributed by atoms with Gasteiger partial charge in [-0.2, -0.15) is 0 Å². The van der Waals surface area contributed by atoms with Gasteiger partial charge in [-0.05, 0) is 37.1 Å². The zero-order valence-corrected chi connectivity index (χ0v) is 16.7. The van der Waals surface area contributed by atoms with Crippen LogP contribution in [0.25, 0.3) is 0 Å².